The Hall–Kier alpha value is -2.09. The topological polar surface area (TPSA) is 96.6 Å². The molecule has 0 saturated heterocycles. The van der Waals surface area contributed by atoms with E-state index in [4.69, 9.17) is 19.9 Å². The number of esters is 1. The summed E-state index contributed by atoms with van der Waals surface area (Å²) in [4.78, 5) is 20.5. The lowest BCUT2D eigenvalue weighted by molar-refractivity contribution is -0.131. The zero-order valence-electron chi connectivity index (χ0n) is 14.5. The number of fused-ring (bicyclic) bond motifs is 1. The highest BCUT2D eigenvalue weighted by Crippen LogP contribution is 2.50. The summed E-state index contributed by atoms with van der Waals surface area (Å²) in [6.45, 7) is 7.24. The van der Waals surface area contributed by atoms with Crippen molar-refractivity contribution in [3.63, 3.8) is 0 Å². The molecule has 1 heterocycles. The molecular formula is C16H20BrN3O4. The summed E-state index contributed by atoms with van der Waals surface area (Å²) < 4.78 is 16.6. The second-order valence-electron chi connectivity index (χ2n) is 6.21. The second kappa shape index (κ2) is 6.43. The molecule has 130 valence electrons. The average Bonchev–Trinajstić information content (AvgIpc) is 2.47. The van der Waals surface area contributed by atoms with Gasteiger partial charge in [-0.05, 0) is 15.9 Å². The summed E-state index contributed by atoms with van der Waals surface area (Å²) in [6.07, 6.45) is 0. The molecule has 0 unspecified atom stereocenters. The van der Waals surface area contributed by atoms with Crippen LogP contribution in [0.25, 0.3) is 10.9 Å². The summed E-state index contributed by atoms with van der Waals surface area (Å²) in [7, 11) is 2.94. The van der Waals surface area contributed by atoms with E-state index in [2.05, 4.69) is 25.9 Å². The number of ether oxygens (including phenoxy) is 3. The molecule has 0 saturated carbocycles. The van der Waals surface area contributed by atoms with Crippen LogP contribution in [-0.2, 0) is 10.2 Å². The number of nitrogens with zero attached hydrogens (tertiary/aromatic N) is 2. The van der Waals surface area contributed by atoms with Crippen molar-refractivity contribution in [3.05, 3.63) is 10.3 Å². The van der Waals surface area contributed by atoms with Crippen LogP contribution in [0.4, 0.5) is 5.82 Å². The van der Waals surface area contributed by atoms with Gasteiger partial charge < -0.3 is 19.9 Å². The molecule has 0 fully saturated rings. The molecule has 0 spiro atoms. The third-order valence-corrected chi connectivity index (χ3v) is 4.04. The number of carbonyl (C=O) groups is 1. The standard InChI is InChI=1S/C16H20BrN3O4/c1-7(21)24-11-8-10(9(17)12(22-5)13(11)23-6)19-15(16(2,3)4)20-14(8)18/h1-6H3,(H2,18,19,20). The quantitative estimate of drug-likeness (QED) is 0.626. The minimum atomic E-state index is -0.515. The third kappa shape index (κ3) is 3.10. The van der Waals surface area contributed by atoms with Gasteiger partial charge in [0.15, 0.2) is 11.5 Å². The van der Waals surface area contributed by atoms with Crippen molar-refractivity contribution in [3.8, 4) is 17.2 Å². The number of anilines is 1. The molecule has 7 nitrogen and oxygen atoms in total. The Morgan fingerprint density at radius 2 is 1.67 bits per heavy atom. The SMILES string of the molecule is COc1c(OC)c(OC(C)=O)c2c(N)nc(C(C)(C)C)nc2c1Br. The number of hydrogen-bond donors (Lipinski definition) is 1. The molecule has 2 aromatic rings. The van der Waals surface area contributed by atoms with Gasteiger partial charge in [-0.25, -0.2) is 9.97 Å². The summed E-state index contributed by atoms with van der Waals surface area (Å²) >= 11 is 3.48. The Morgan fingerprint density at radius 3 is 2.12 bits per heavy atom. The number of aromatic nitrogens is 2. The van der Waals surface area contributed by atoms with E-state index in [0.29, 0.717) is 26.9 Å². The van der Waals surface area contributed by atoms with Crippen LogP contribution in [0.15, 0.2) is 4.47 Å². The van der Waals surface area contributed by atoms with Crippen LogP contribution in [0.2, 0.25) is 0 Å². The molecule has 1 aromatic carbocycles. The molecule has 0 bridgehead atoms. The van der Waals surface area contributed by atoms with Gasteiger partial charge in [0, 0.05) is 12.3 Å². The summed E-state index contributed by atoms with van der Waals surface area (Å²) in [6, 6.07) is 0. The van der Waals surface area contributed by atoms with Crippen LogP contribution < -0.4 is 19.9 Å². The fourth-order valence-electron chi connectivity index (χ4n) is 2.23. The number of halogens is 1. The predicted molar refractivity (Wildman–Crippen MR) is 94.8 cm³/mol. The first-order valence-corrected chi connectivity index (χ1v) is 8.00. The zero-order chi connectivity index (χ0) is 18.2. The first-order valence-electron chi connectivity index (χ1n) is 7.21. The fourth-order valence-corrected chi connectivity index (χ4v) is 2.86. The van der Waals surface area contributed by atoms with E-state index < -0.39 is 5.97 Å². The number of rotatable bonds is 3. The van der Waals surface area contributed by atoms with Gasteiger partial charge in [0.05, 0.1) is 29.6 Å². The molecule has 0 radical (unpaired) electrons. The second-order valence-corrected chi connectivity index (χ2v) is 7.00. The van der Waals surface area contributed by atoms with Crippen LogP contribution in [0.3, 0.4) is 0 Å². The van der Waals surface area contributed by atoms with Gasteiger partial charge in [0.1, 0.15) is 11.6 Å². The van der Waals surface area contributed by atoms with Gasteiger partial charge in [-0.3, -0.25) is 4.79 Å². The van der Waals surface area contributed by atoms with E-state index in [1.54, 1.807) is 0 Å². The van der Waals surface area contributed by atoms with Crippen LogP contribution in [0, 0.1) is 0 Å². The zero-order valence-corrected chi connectivity index (χ0v) is 16.1. The van der Waals surface area contributed by atoms with Crippen molar-refractivity contribution >= 4 is 38.6 Å². The molecule has 0 amide bonds. The van der Waals surface area contributed by atoms with Crippen molar-refractivity contribution < 1.29 is 19.0 Å². The van der Waals surface area contributed by atoms with Crippen LogP contribution in [-0.4, -0.2) is 30.2 Å². The number of benzene rings is 1. The van der Waals surface area contributed by atoms with E-state index in [1.165, 1.54) is 21.1 Å². The maximum atomic E-state index is 11.5. The lowest BCUT2D eigenvalue weighted by atomic mass is 9.95. The summed E-state index contributed by atoms with van der Waals surface area (Å²) in [5, 5.41) is 0.391. The van der Waals surface area contributed by atoms with Gasteiger partial charge in [0.2, 0.25) is 5.75 Å². The third-order valence-electron chi connectivity index (χ3n) is 3.31. The largest absolute Gasteiger partial charge is 0.492 e. The number of nitrogen functional groups attached to an aromatic ring is 1. The molecule has 8 heteroatoms. The maximum absolute atomic E-state index is 11.5. The normalized spacial score (nSPS) is 11.5. The first-order chi connectivity index (χ1) is 11.1. The lowest BCUT2D eigenvalue weighted by Crippen LogP contribution is -2.18. The van der Waals surface area contributed by atoms with E-state index in [0.717, 1.165) is 0 Å². The number of carbonyl (C=O) groups excluding carboxylic acids is 1. The minimum Gasteiger partial charge on any atom is -0.492 e. The predicted octanol–water partition coefficient (Wildman–Crippen LogP) is 3.21. The highest BCUT2D eigenvalue weighted by Gasteiger charge is 2.28. The highest BCUT2D eigenvalue weighted by molar-refractivity contribution is 9.10. The van der Waals surface area contributed by atoms with Gasteiger partial charge in [-0.1, -0.05) is 20.8 Å². The Kier molecular flexibility index (Phi) is 4.89. The maximum Gasteiger partial charge on any atom is 0.308 e. The number of hydrogen-bond acceptors (Lipinski definition) is 7. The molecular weight excluding hydrogens is 378 g/mol. The minimum absolute atomic E-state index is 0.137. The molecule has 0 aliphatic carbocycles. The van der Waals surface area contributed by atoms with Gasteiger partial charge in [-0.15, -0.1) is 0 Å². The Morgan fingerprint density at radius 1 is 1.08 bits per heavy atom. The summed E-state index contributed by atoms with van der Waals surface area (Å²) in [5.74, 6) is 0.985. The molecule has 1 aromatic heterocycles. The molecule has 24 heavy (non-hydrogen) atoms. The molecule has 0 aliphatic rings. The summed E-state index contributed by atoms with van der Waals surface area (Å²) in [5.41, 5.74) is 6.33. The van der Waals surface area contributed by atoms with Crippen molar-refractivity contribution in [2.45, 2.75) is 33.1 Å². The van der Waals surface area contributed by atoms with Crippen LogP contribution in [0.5, 0.6) is 17.2 Å². The molecule has 2 N–H and O–H groups in total. The lowest BCUT2D eigenvalue weighted by Gasteiger charge is -2.21. The molecule has 0 atom stereocenters. The average molecular weight is 398 g/mol. The highest BCUT2D eigenvalue weighted by atomic mass is 79.9. The van der Waals surface area contributed by atoms with Crippen molar-refractivity contribution in [1.29, 1.82) is 0 Å². The van der Waals surface area contributed by atoms with E-state index >= 15 is 0 Å². The number of nitrogens with two attached hydrogens (primary N) is 1. The Bertz CT molecular complexity index is 816. The van der Waals surface area contributed by atoms with Gasteiger partial charge in [-0.2, -0.15) is 0 Å². The first kappa shape index (κ1) is 18.3. The van der Waals surface area contributed by atoms with Crippen LogP contribution >= 0.6 is 15.9 Å². The molecule has 2 rings (SSSR count). The Balaban J connectivity index is 3.00. The fraction of sp³-hybridized carbons (Fsp3) is 0.438. The Labute approximate surface area is 148 Å². The molecule has 0 aliphatic heterocycles. The van der Waals surface area contributed by atoms with E-state index in [-0.39, 0.29) is 22.7 Å². The van der Waals surface area contributed by atoms with Gasteiger partial charge in [0.25, 0.3) is 0 Å². The smallest absolute Gasteiger partial charge is 0.308 e. The van der Waals surface area contributed by atoms with Crippen molar-refractivity contribution in [1.82, 2.24) is 9.97 Å². The van der Waals surface area contributed by atoms with E-state index in [1.807, 2.05) is 20.8 Å². The van der Waals surface area contributed by atoms with Crippen molar-refractivity contribution in [2.24, 2.45) is 0 Å². The monoisotopic (exact) mass is 397 g/mol. The number of methoxy groups -OCH3 is 2. The van der Waals surface area contributed by atoms with E-state index in [9.17, 15) is 4.79 Å². The van der Waals surface area contributed by atoms with Gasteiger partial charge >= 0.3 is 5.97 Å². The van der Waals surface area contributed by atoms with Crippen molar-refractivity contribution in [2.75, 3.05) is 20.0 Å². The van der Waals surface area contributed by atoms with Crippen LogP contribution in [0.1, 0.15) is 33.5 Å².